The highest BCUT2D eigenvalue weighted by Crippen LogP contribution is 2.33. The molecule has 4 aromatic rings. The Balaban J connectivity index is 1.39. The second-order valence-electron chi connectivity index (χ2n) is 8.24. The van der Waals surface area contributed by atoms with E-state index in [0.29, 0.717) is 30.3 Å². The second-order valence-corrected chi connectivity index (χ2v) is 9.10. The molecule has 1 aromatic carbocycles. The van der Waals surface area contributed by atoms with Crippen molar-refractivity contribution in [1.82, 2.24) is 29.9 Å². The molecule has 0 saturated heterocycles. The van der Waals surface area contributed by atoms with Crippen molar-refractivity contribution in [2.45, 2.75) is 33.2 Å². The predicted octanol–water partition coefficient (Wildman–Crippen LogP) is 3.11. The van der Waals surface area contributed by atoms with Gasteiger partial charge in [-0.2, -0.15) is 5.10 Å². The molecule has 3 heterocycles. The molecule has 0 aliphatic heterocycles. The van der Waals surface area contributed by atoms with E-state index in [-0.39, 0.29) is 11.5 Å². The van der Waals surface area contributed by atoms with E-state index < -0.39 is 6.04 Å². The minimum absolute atomic E-state index is 0.300. The maximum absolute atomic E-state index is 12.8. The number of nitrogens with zero attached hydrogens (tertiary/aromatic N) is 5. The normalized spacial score (nSPS) is 11.8. The lowest BCUT2D eigenvalue weighted by atomic mass is 10.2. The van der Waals surface area contributed by atoms with E-state index in [1.165, 1.54) is 22.1 Å². The van der Waals surface area contributed by atoms with E-state index in [2.05, 4.69) is 20.5 Å². The third-order valence-corrected chi connectivity index (χ3v) is 6.59. The summed E-state index contributed by atoms with van der Waals surface area (Å²) >= 11 is 1.52. The standard InChI is InChI=1S/C25H28N6O4S/c1-15-12-16(2)30(28-15)22-8-9-23(32)31(29-22)17(3)24(33)26-11-10-19-14-36-25(27-19)18-6-7-20(34-4)21(13-18)35-5/h6-9,12-14,17H,10-11H2,1-5H3,(H,26,33). The van der Waals surface area contributed by atoms with Crippen molar-refractivity contribution in [2.75, 3.05) is 20.8 Å². The van der Waals surface area contributed by atoms with E-state index in [1.807, 2.05) is 43.5 Å². The van der Waals surface area contributed by atoms with Crippen molar-refractivity contribution in [3.63, 3.8) is 0 Å². The lowest BCUT2D eigenvalue weighted by Crippen LogP contribution is -2.38. The smallest absolute Gasteiger partial charge is 0.267 e. The van der Waals surface area contributed by atoms with Crippen molar-refractivity contribution in [1.29, 1.82) is 0 Å². The topological polar surface area (TPSA) is 113 Å². The molecule has 0 radical (unpaired) electrons. The number of hydrogen-bond acceptors (Lipinski definition) is 8. The molecule has 10 nitrogen and oxygen atoms in total. The fraction of sp³-hybridized carbons (Fsp3) is 0.320. The Kier molecular flexibility index (Phi) is 7.49. The number of thiazole rings is 1. The van der Waals surface area contributed by atoms with Crippen LogP contribution in [0.3, 0.4) is 0 Å². The van der Waals surface area contributed by atoms with Gasteiger partial charge in [-0.3, -0.25) is 9.59 Å². The number of carbonyl (C=O) groups is 1. The van der Waals surface area contributed by atoms with Gasteiger partial charge < -0.3 is 14.8 Å². The summed E-state index contributed by atoms with van der Waals surface area (Å²) in [6.45, 7) is 5.81. The van der Waals surface area contributed by atoms with Gasteiger partial charge in [0, 0.05) is 35.7 Å². The molecule has 1 unspecified atom stereocenters. The van der Waals surface area contributed by atoms with Crippen LogP contribution in [-0.2, 0) is 11.2 Å². The van der Waals surface area contributed by atoms with Crippen molar-refractivity contribution < 1.29 is 14.3 Å². The first kappa shape index (κ1) is 25.1. The summed E-state index contributed by atoms with van der Waals surface area (Å²) in [7, 11) is 3.19. The third kappa shape index (κ3) is 5.30. The number of rotatable bonds is 9. The molecule has 188 valence electrons. The minimum atomic E-state index is -0.785. The van der Waals surface area contributed by atoms with Gasteiger partial charge in [-0.25, -0.2) is 14.3 Å². The number of aryl methyl sites for hydroxylation is 2. The molecule has 11 heteroatoms. The first-order valence-electron chi connectivity index (χ1n) is 11.4. The highest BCUT2D eigenvalue weighted by molar-refractivity contribution is 7.13. The molecule has 1 amide bonds. The number of hydrogen-bond donors (Lipinski definition) is 1. The molecule has 0 aliphatic carbocycles. The Bertz CT molecular complexity index is 1440. The molecule has 4 rings (SSSR count). The first-order chi connectivity index (χ1) is 17.3. The van der Waals surface area contributed by atoms with E-state index in [1.54, 1.807) is 31.9 Å². The number of nitrogens with one attached hydrogen (secondary N) is 1. The van der Waals surface area contributed by atoms with Crippen LogP contribution in [0.25, 0.3) is 16.4 Å². The molecule has 36 heavy (non-hydrogen) atoms. The van der Waals surface area contributed by atoms with Gasteiger partial charge >= 0.3 is 0 Å². The fourth-order valence-corrected chi connectivity index (χ4v) is 4.61. The van der Waals surface area contributed by atoms with E-state index >= 15 is 0 Å². The average Bonchev–Trinajstić information content (AvgIpc) is 3.49. The molecule has 1 atom stereocenters. The molecule has 0 spiro atoms. The van der Waals surface area contributed by atoms with E-state index in [9.17, 15) is 9.59 Å². The van der Waals surface area contributed by atoms with Crippen molar-refractivity contribution >= 4 is 17.2 Å². The molecule has 0 bridgehead atoms. The van der Waals surface area contributed by atoms with Crippen molar-refractivity contribution in [2.24, 2.45) is 0 Å². The van der Waals surface area contributed by atoms with Crippen LogP contribution in [0.1, 0.15) is 30.0 Å². The Hall–Kier alpha value is -3.99. The molecule has 0 saturated carbocycles. The number of amides is 1. The number of aromatic nitrogens is 5. The number of methoxy groups -OCH3 is 2. The summed E-state index contributed by atoms with van der Waals surface area (Å²) in [5.41, 5.74) is 3.16. The zero-order chi connectivity index (χ0) is 25.8. The highest BCUT2D eigenvalue weighted by atomic mass is 32.1. The van der Waals surface area contributed by atoms with Gasteiger partial charge in [0.2, 0.25) is 5.91 Å². The van der Waals surface area contributed by atoms with E-state index in [0.717, 1.165) is 27.7 Å². The van der Waals surface area contributed by atoms with Gasteiger partial charge in [-0.05, 0) is 51.1 Å². The summed E-state index contributed by atoms with van der Waals surface area (Å²) in [5, 5.41) is 14.5. The van der Waals surface area contributed by atoms with Crippen LogP contribution in [0.4, 0.5) is 0 Å². The van der Waals surface area contributed by atoms with Crippen LogP contribution in [0.15, 0.2) is 46.6 Å². The second kappa shape index (κ2) is 10.7. The Morgan fingerprint density at radius 2 is 1.86 bits per heavy atom. The largest absolute Gasteiger partial charge is 0.493 e. The minimum Gasteiger partial charge on any atom is -0.493 e. The van der Waals surface area contributed by atoms with Gasteiger partial charge in [-0.1, -0.05) is 0 Å². The van der Waals surface area contributed by atoms with Crippen molar-refractivity contribution in [3.8, 4) is 27.9 Å². The number of ether oxygens (including phenoxy) is 2. The van der Waals surface area contributed by atoms with Gasteiger partial charge in [-0.15, -0.1) is 16.4 Å². The summed E-state index contributed by atoms with van der Waals surface area (Å²) in [5.74, 6) is 1.47. The summed E-state index contributed by atoms with van der Waals surface area (Å²) < 4.78 is 13.5. The Labute approximate surface area is 212 Å². The van der Waals surface area contributed by atoms with Crippen LogP contribution in [0, 0.1) is 13.8 Å². The molecule has 1 N–H and O–H groups in total. The van der Waals surface area contributed by atoms with Crippen LogP contribution >= 0.6 is 11.3 Å². The maximum Gasteiger partial charge on any atom is 0.267 e. The number of benzene rings is 1. The van der Waals surface area contributed by atoms with Gasteiger partial charge in [0.05, 0.1) is 25.6 Å². The lowest BCUT2D eigenvalue weighted by Gasteiger charge is -2.15. The van der Waals surface area contributed by atoms with Gasteiger partial charge in [0.1, 0.15) is 11.0 Å². The predicted molar refractivity (Wildman–Crippen MR) is 137 cm³/mol. The molecule has 3 aromatic heterocycles. The van der Waals surface area contributed by atoms with E-state index in [4.69, 9.17) is 9.47 Å². The van der Waals surface area contributed by atoms with Gasteiger partial charge in [0.15, 0.2) is 17.3 Å². The highest BCUT2D eigenvalue weighted by Gasteiger charge is 2.19. The summed E-state index contributed by atoms with van der Waals surface area (Å²) in [6.07, 6.45) is 0.552. The van der Waals surface area contributed by atoms with Crippen LogP contribution in [0.2, 0.25) is 0 Å². The zero-order valence-electron chi connectivity index (χ0n) is 20.8. The van der Waals surface area contributed by atoms with Crippen LogP contribution in [-0.4, -0.2) is 51.2 Å². The summed E-state index contributed by atoms with van der Waals surface area (Å²) in [4.78, 5) is 29.9. The van der Waals surface area contributed by atoms with Crippen LogP contribution in [0.5, 0.6) is 11.5 Å². The van der Waals surface area contributed by atoms with Crippen molar-refractivity contribution in [3.05, 3.63) is 69.2 Å². The molecular formula is C25H28N6O4S. The maximum atomic E-state index is 12.8. The fourth-order valence-electron chi connectivity index (χ4n) is 3.76. The Morgan fingerprint density at radius 3 is 2.56 bits per heavy atom. The summed E-state index contributed by atoms with van der Waals surface area (Å²) in [6, 6.07) is 9.79. The number of carbonyl (C=O) groups excluding carboxylic acids is 1. The first-order valence-corrected chi connectivity index (χ1v) is 12.3. The van der Waals surface area contributed by atoms with Gasteiger partial charge in [0.25, 0.3) is 5.56 Å². The van der Waals surface area contributed by atoms with Crippen LogP contribution < -0.4 is 20.3 Å². The zero-order valence-corrected chi connectivity index (χ0v) is 21.6. The lowest BCUT2D eigenvalue weighted by molar-refractivity contribution is -0.124. The SMILES string of the molecule is COc1ccc(-c2nc(CCNC(=O)C(C)n3nc(-n4nc(C)cc4C)ccc3=O)cs2)cc1OC. The Morgan fingerprint density at radius 1 is 1.08 bits per heavy atom. The average molecular weight is 509 g/mol. The molecular weight excluding hydrogens is 480 g/mol. The quantitative estimate of drug-likeness (QED) is 0.370. The molecule has 0 fully saturated rings. The monoisotopic (exact) mass is 508 g/mol. The third-order valence-electron chi connectivity index (χ3n) is 5.65. The molecule has 0 aliphatic rings.